The van der Waals surface area contributed by atoms with Crippen molar-refractivity contribution < 1.29 is 0 Å². The minimum absolute atomic E-state index is 0.386. The normalized spacial score (nSPS) is 11.1. The molecule has 0 bridgehead atoms. The number of H-pyrrole nitrogens is 1. The highest BCUT2D eigenvalue weighted by atomic mass is 35.5. The van der Waals surface area contributed by atoms with Gasteiger partial charge in [0, 0.05) is 5.75 Å². The van der Waals surface area contributed by atoms with Crippen LogP contribution in [0.3, 0.4) is 0 Å². The molecule has 0 aliphatic heterocycles. The molecule has 0 saturated heterocycles. The first kappa shape index (κ1) is 12.7. The van der Waals surface area contributed by atoms with Crippen molar-refractivity contribution in [1.82, 2.24) is 24.9 Å². The first-order valence-corrected chi connectivity index (χ1v) is 7.06. The van der Waals surface area contributed by atoms with E-state index in [-0.39, 0.29) is 0 Å². The van der Waals surface area contributed by atoms with Gasteiger partial charge in [-0.2, -0.15) is 0 Å². The fourth-order valence-corrected chi connectivity index (χ4v) is 2.98. The second-order valence-electron chi connectivity index (χ2n) is 3.65. The smallest absolute Gasteiger partial charge is 0.181 e. The lowest BCUT2D eigenvalue weighted by Crippen LogP contribution is -1.90. The highest BCUT2D eigenvalue weighted by Crippen LogP contribution is 2.28. The number of fused-ring (bicyclic) bond motifs is 1. The molecule has 0 atom stereocenters. The van der Waals surface area contributed by atoms with E-state index < -0.39 is 0 Å². The van der Waals surface area contributed by atoms with Gasteiger partial charge in [-0.15, -0.1) is 0 Å². The molecule has 0 aliphatic carbocycles. The van der Waals surface area contributed by atoms with Crippen LogP contribution in [0.25, 0.3) is 11.2 Å². The molecular weight excluding hydrogens is 305 g/mol. The standard InChI is InChI=1S/C11H7Cl2N5S/c12-7-2-1-6(9(13)18-7)3-19-11-8-10(15-4-14-8)16-5-17-11/h1-2,4-5H,3H2,(H,14,15,16,17). The predicted molar refractivity (Wildman–Crippen MR) is 75.5 cm³/mol. The molecule has 3 heterocycles. The average Bonchev–Trinajstić information content (AvgIpc) is 2.86. The Hall–Kier alpha value is -1.37. The zero-order valence-corrected chi connectivity index (χ0v) is 11.8. The van der Waals surface area contributed by atoms with E-state index in [4.69, 9.17) is 23.2 Å². The zero-order chi connectivity index (χ0) is 13.2. The summed E-state index contributed by atoms with van der Waals surface area (Å²) in [6.45, 7) is 0. The van der Waals surface area contributed by atoms with Crippen molar-refractivity contribution in [2.45, 2.75) is 10.8 Å². The van der Waals surface area contributed by atoms with Gasteiger partial charge in [0.15, 0.2) is 5.65 Å². The van der Waals surface area contributed by atoms with Crippen LogP contribution in [-0.2, 0) is 5.75 Å². The van der Waals surface area contributed by atoms with Gasteiger partial charge >= 0.3 is 0 Å². The van der Waals surface area contributed by atoms with Crippen LogP contribution in [-0.4, -0.2) is 24.9 Å². The van der Waals surface area contributed by atoms with E-state index in [1.54, 1.807) is 12.4 Å². The van der Waals surface area contributed by atoms with Gasteiger partial charge in [0.1, 0.15) is 27.2 Å². The van der Waals surface area contributed by atoms with Gasteiger partial charge < -0.3 is 4.98 Å². The summed E-state index contributed by atoms with van der Waals surface area (Å²) < 4.78 is 0. The Morgan fingerprint density at radius 2 is 2.05 bits per heavy atom. The number of aromatic amines is 1. The second kappa shape index (κ2) is 5.32. The maximum atomic E-state index is 6.03. The van der Waals surface area contributed by atoms with Gasteiger partial charge in [-0.1, -0.05) is 41.0 Å². The lowest BCUT2D eigenvalue weighted by molar-refractivity contribution is 1.08. The number of nitrogens with zero attached hydrogens (tertiary/aromatic N) is 4. The molecule has 0 amide bonds. The van der Waals surface area contributed by atoms with Gasteiger partial charge in [-0.25, -0.2) is 19.9 Å². The minimum atomic E-state index is 0.386. The molecule has 0 fully saturated rings. The van der Waals surface area contributed by atoms with E-state index in [9.17, 15) is 0 Å². The van der Waals surface area contributed by atoms with Gasteiger partial charge in [-0.05, 0) is 11.6 Å². The predicted octanol–water partition coefficient (Wildman–Crippen LogP) is 3.35. The van der Waals surface area contributed by atoms with Crippen molar-refractivity contribution >= 4 is 46.1 Å². The van der Waals surface area contributed by atoms with Gasteiger partial charge in [0.25, 0.3) is 0 Å². The zero-order valence-electron chi connectivity index (χ0n) is 9.47. The van der Waals surface area contributed by atoms with Crippen LogP contribution in [0.5, 0.6) is 0 Å². The van der Waals surface area contributed by atoms with E-state index >= 15 is 0 Å². The molecule has 1 N–H and O–H groups in total. The Bertz CT molecular complexity index is 730. The van der Waals surface area contributed by atoms with Crippen LogP contribution < -0.4 is 0 Å². The largest absolute Gasteiger partial charge is 0.341 e. The Morgan fingerprint density at radius 1 is 1.16 bits per heavy atom. The monoisotopic (exact) mass is 311 g/mol. The fourth-order valence-electron chi connectivity index (χ4n) is 1.55. The Morgan fingerprint density at radius 3 is 2.89 bits per heavy atom. The lowest BCUT2D eigenvalue weighted by atomic mass is 10.3. The summed E-state index contributed by atoms with van der Waals surface area (Å²) in [5.41, 5.74) is 2.38. The Kier molecular flexibility index (Phi) is 3.54. The van der Waals surface area contributed by atoms with Gasteiger partial charge in [-0.3, -0.25) is 0 Å². The molecule has 19 heavy (non-hydrogen) atoms. The van der Waals surface area contributed by atoms with E-state index in [2.05, 4.69) is 24.9 Å². The molecule has 3 rings (SSSR count). The third-order valence-corrected chi connectivity index (χ3v) is 4.02. The quantitative estimate of drug-likeness (QED) is 0.456. The summed E-state index contributed by atoms with van der Waals surface area (Å²) in [4.78, 5) is 19.4. The number of hydrogen-bond donors (Lipinski definition) is 1. The van der Waals surface area contributed by atoms with E-state index in [1.165, 1.54) is 18.1 Å². The van der Waals surface area contributed by atoms with Crippen LogP contribution in [0.15, 0.2) is 29.8 Å². The molecular formula is C11H7Cl2N5S. The fraction of sp³-hybridized carbons (Fsp3) is 0.0909. The van der Waals surface area contributed by atoms with Crippen molar-refractivity contribution in [3.8, 4) is 0 Å². The summed E-state index contributed by atoms with van der Waals surface area (Å²) in [7, 11) is 0. The Labute approximate surface area is 122 Å². The number of hydrogen-bond acceptors (Lipinski definition) is 5. The van der Waals surface area contributed by atoms with E-state index in [0.29, 0.717) is 21.7 Å². The summed E-state index contributed by atoms with van der Waals surface area (Å²) in [6.07, 6.45) is 3.09. The number of aromatic nitrogens is 5. The molecule has 8 heteroatoms. The van der Waals surface area contributed by atoms with Crippen molar-refractivity contribution in [3.63, 3.8) is 0 Å². The first-order chi connectivity index (χ1) is 9.24. The SMILES string of the molecule is Clc1ccc(CSc2ncnc3nc[nH]c23)c(Cl)n1. The molecule has 3 aromatic heterocycles. The number of rotatable bonds is 3. The van der Waals surface area contributed by atoms with Crippen LogP contribution in [0.4, 0.5) is 0 Å². The molecule has 0 aromatic carbocycles. The lowest BCUT2D eigenvalue weighted by Gasteiger charge is -2.04. The summed E-state index contributed by atoms with van der Waals surface area (Å²) in [5, 5.41) is 1.63. The first-order valence-electron chi connectivity index (χ1n) is 5.32. The highest BCUT2D eigenvalue weighted by molar-refractivity contribution is 7.98. The second-order valence-corrected chi connectivity index (χ2v) is 5.36. The molecule has 0 aliphatic rings. The average molecular weight is 312 g/mol. The van der Waals surface area contributed by atoms with Crippen LogP contribution in [0.1, 0.15) is 5.56 Å². The highest BCUT2D eigenvalue weighted by Gasteiger charge is 2.09. The number of thioether (sulfide) groups is 1. The van der Waals surface area contributed by atoms with Crippen molar-refractivity contribution in [3.05, 3.63) is 40.7 Å². The number of imidazole rings is 1. The molecule has 3 aromatic rings. The molecule has 0 radical (unpaired) electrons. The number of nitrogens with one attached hydrogen (secondary N) is 1. The summed E-state index contributed by atoms with van der Waals surface area (Å²) >= 11 is 13.3. The molecule has 0 spiro atoms. The third kappa shape index (κ3) is 2.65. The Balaban J connectivity index is 1.84. The van der Waals surface area contributed by atoms with Crippen molar-refractivity contribution in [1.29, 1.82) is 0 Å². The van der Waals surface area contributed by atoms with Crippen LogP contribution in [0, 0.1) is 0 Å². The van der Waals surface area contributed by atoms with Gasteiger partial charge in [0.2, 0.25) is 0 Å². The molecule has 5 nitrogen and oxygen atoms in total. The maximum absolute atomic E-state index is 6.03. The maximum Gasteiger partial charge on any atom is 0.181 e. The summed E-state index contributed by atoms with van der Waals surface area (Å²) in [5.74, 6) is 0.647. The van der Waals surface area contributed by atoms with Crippen LogP contribution in [0.2, 0.25) is 10.3 Å². The van der Waals surface area contributed by atoms with Crippen LogP contribution >= 0.6 is 35.0 Å². The molecule has 96 valence electrons. The van der Waals surface area contributed by atoms with E-state index in [0.717, 1.165) is 16.1 Å². The number of halogens is 2. The van der Waals surface area contributed by atoms with Crippen molar-refractivity contribution in [2.75, 3.05) is 0 Å². The number of pyridine rings is 1. The van der Waals surface area contributed by atoms with Crippen molar-refractivity contribution in [2.24, 2.45) is 0 Å². The van der Waals surface area contributed by atoms with Gasteiger partial charge in [0.05, 0.1) is 6.33 Å². The molecule has 0 unspecified atom stereocenters. The minimum Gasteiger partial charge on any atom is -0.341 e. The topological polar surface area (TPSA) is 67.3 Å². The summed E-state index contributed by atoms with van der Waals surface area (Å²) in [6, 6.07) is 3.57. The van der Waals surface area contributed by atoms with E-state index in [1.807, 2.05) is 6.07 Å². The third-order valence-electron chi connectivity index (χ3n) is 2.44. The molecule has 0 saturated carbocycles.